The minimum atomic E-state index is -1.13. The van der Waals surface area contributed by atoms with Crippen LogP contribution in [-0.4, -0.2) is 208 Å². The summed E-state index contributed by atoms with van der Waals surface area (Å²) >= 11 is 43.2. The molecule has 3 fully saturated rings. The number of ether oxygens (including phenoxy) is 11. The number of nitrogens with zero attached hydrogens (tertiary/aromatic N) is 2. The largest absolute Gasteiger partial charge is 1.00 e. The van der Waals surface area contributed by atoms with Crippen molar-refractivity contribution in [3.63, 3.8) is 0 Å². The summed E-state index contributed by atoms with van der Waals surface area (Å²) in [6, 6.07) is 46.0. The molecule has 13 rings (SSSR count). The van der Waals surface area contributed by atoms with Gasteiger partial charge >= 0.3 is 105 Å². The first-order valence-electron chi connectivity index (χ1n) is 44.1. The number of nitrogen functional groups attached to an aromatic ring is 1. The number of alkyl halides is 1. The van der Waals surface area contributed by atoms with Crippen LogP contribution in [0.15, 0.2) is 200 Å². The summed E-state index contributed by atoms with van der Waals surface area (Å²) in [7, 11) is 3.06. The predicted molar refractivity (Wildman–Crippen MR) is 563 cm³/mol. The van der Waals surface area contributed by atoms with Gasteiger partial charge in [-0.2, -0.15) is 0 Å². The number of nitrogens with one attached hydrogen (secondary N) is 7. The van der Waals surface area contributed by atoms with E-state index >= 15 is 0 Å². The monoisotopic (exact) mass is 2320 g/mol. The number of esters is 2. The quantitative estimate of drug-likeness (QED) is 0.00680. The number of methoxy groups -OCH3 is 2. The standard InChI is InChI=1S/2C20H21ClFN3O4.C11H13ClN2O4.C11H14FNO.C9H9ClN2O4.C8H9ClN2O2.C7H7ClN2O2.C7H8ClNO.C4H7BrO2.K.H2O/c2*21-13-1-6-18(17(11-13)24-20(23)27)28-12-19(26)25-9-7-16(8-10-25)29-15-4-2-14(22)3-5-15;1-2-17-10(15)6-18-9-4-3-7(12)5-8(9)14-11(13)16;12-9-1-3-10(4-2-9)14-11-5-7-13-8-6-11;10-5-1-2-7(16-4-8(13)14)6(3-5)12-9(11)15;1-13-7-3-2-5(9)4-6(7)11-8(10)12;8-4-1-2-6(11)5(3-4)10-7(9)12;1-10-7-3-2-5(8)4-6(7)9;1-2-7-4(6)3-5;;/h2*1-6,11,16H,7-10,12H2,(H3,23,24,27);3-5H,2,6H2,1H3,(H3,13,14,16);1-4,11,13H,5-8H2;1-3H,4H2,(H,13,14)(H3,11,12,15);2-4H,1H3,(H3,10,11,12);1-3,11H,(H3,9,10,12);2-4H,9H2,1H3;2-3H2,1H3;;1H2/q;;;;;;;;;+1;/p-1. The Kier molecular flexibility index (Phi) is 62.4. The molecular formula is C97H110BrCl7F3KN16O25. The van der Waals surface area contributed by atoms with Gasteiger partial charge in [0.2, 0.25) is 0 Å². The molecule has 3 aliphatic rings. The van der Waals surface area contributed by atoms with Gasteiger partial charge in [-0.1, -0.05) is 97.1 Å². The first-order chi connectivity index (χ1) is 70.4. The van der Waals surface area contributed by atoms with Crippen molar-refractivity contribution in [2.24, 2.45) is 34.4 Å². The van der Waals surface area contributed by atoms with Gasteiger partial charge in [0.05, 0.1) is 67.2 Å². The van der Waals surface area contributed by atoms with E-state index in [1.165, 1.54) is 104 Å². The fourth-order valence-electron chi connectivity index (χ4n) is 12.4. The number of anilines is 7. The van der Waals surface area contributed by atoms with Crippen LogP contribution >= 0.6 is 97.1 Å². The Bertz CT molecular complexity index is 5850. The zero-order chi connectivity index (χ0) is 109. The number of phenolic OH excluding ortho intramolecular Hbond substituents is 1. The number of carboxylic acids is 1. The number of piperidine rings is 3. The van der Waals surface area contributed by atoms with Gasteiger partial charge < -0.3 is 155 Å². The van der Waals surface area contributed by atoms with Crippen LogP contribution in [-0.2, 0) is 33.4 Å². The number of likely N-dealkylation sites (tertiary alicyclic amines) is 2. The van der Waals surface area contributed by atoms with Crippen molar-refractivity contribution in [2.75, 3.05) is 136 Å². The van der Waals surface area contributed by atoms with E-state index in [1.54, 1.807) is 134 Å². The summed E-state index contributed by atoms with van der Waals surface area (Å²) in [5, 5.41) is 38.3. The molecule has 0 saturated carbocycles. The molecule has 0 radical (unpaired) electrons. The number of nitrogens with two attached hydrogens (primary N) is 7. The van der Waals surface area contributed by atoms with E-state index in [1.807, 2.05) is 0 Å². The third kappa shape index (κ3) is 53.8. The molecule has 41 nitrogen and oxygen atoms in total. The van der Waals surface area contributed by atoms with Crippen LogP contribution in [0.1, 0.15) is 52.4 Å². The Morgan fingerprint density at radius 2 is 0.633 bits per heavy atom. The number of hydrogen-bond acceptors (Lipinski definition) is 26. The number of phenols is 1. The maximum Gasteiger partial charge on any atom is 1.00 e. The molecule has 0 aromatic heterocycles. The fourth-order valence-corrected chi connectivity index (χ4v) is 13.8. The number of hydrogen-bond donors (Lipinski definition) is 16. The molecule has 10 aromatic carbocycles. The summed E-state index contributed by atoms with van der Waals surface area (Å²) in [6.45, 7) is 7.19. The van der Waals surface area contributed by atoms with E-state index < -0.39 is 54.7 Å². The average Bonchev–Trinajstić information content (AvgIpc) is 0.850. The van der Waals surface area contributed by atoms with Crippen molar-refractivity contribution < 1.29 is 185 Å². The van der Waals surface area contributed by atoms with Crippen LogP contribution in [0.25, 0.3) is 0 Å². The van der Waals surface area contributed by atoms with Crippen molar-refractivity contribution >= 4 is 203 Å². The number of halogens is 11. The van der Waals surface area contributed by atoms with Gasteiger partial charge in [-0.25, -0.2) is 51.5 Å². The molecule has 0 unspecified atom stereocenters. The Balaban J connectivity index is 0.000000446. The van der Waals surface area contributed by atoms with Crippen LogP contribution in [0.4, 0.5) is 81.8 Å². The molecule has 0 spiro atoms. The molecule has 3 saturated heterocycles. The fraction of sp³-hybridized carbons (Fsp3) is 0.268. The Morgan fingerprint density at radius 1 is 0.373 bits per heavy atom. The van der Waals surface area contributed by atoms with E-state index in [0.29, 0.717) is 162 Å². The number of aromatic hydroxyl groups is 1. The summed E-state index contributed by atoms with van der Waals surface area (Å²) in [5.41, 5.74) is 37.9. The van der Waals surface area contributed by atoms with Crippen molar-refractivity contribution in [3.05, 3.63) is 253 Å². The first-order valence-corrected chi connectivity index (χ1v) is 47.8. The number of rotatable bonds is 29. The molecule has 3 heterocycles. The van der Waals surface area contributed by atoms with Crippen molar-refractivity contribution in [1.82, 2.24) is 15.1 Å². The molecule has 0 aliphatic carbocycles. The second kappa shape index (κ2) is 71.5. The van der Waals surface area contributed by atoms with E-state index in [-0.39, 0.29) is 165 Å². The van der Waals surface area contributed by atoms with Gasteiger partial charge in [0.25, 0.3) is 11.8 Å². The zero-order valence-electron chi connectivity index (χ0n) is 81.1. The van der Waals surface area contributed by atoms with Crippen molar-refractivity contribution in [1.29, 1.82) is 0 Å². The molecule has 806 valence electrons. The molecule has 10 aromatic rings. The molecule has 3 aliphatic heterocycles. The predicted octanol–water partition coefficient (Wildman–Crippen LogP) is 14.9. The third-order valence-corrected chi connectivity index (χ3v) is 21.1. The second-order valence-corrected chi connectivity index (χ2v) is 33.6. The first kappa shape index (κ1) is 131. The number of aliphatic carboxylic acids is 1. The summed E-state index contributed by atoms with van der Waals surface area (Å²) in [5.74, 6) is 1.12. The van der Waals surface area contributed by atoms with Crippen LogP contribution in [0.3, 0.4) is 0 Å². The van der Waals surface area contributed by atoms with Gasteiger partial charge in [-0.3, -0.25) is 14.4 Å². The van der Waals surface area contributed by atoms with Crippen LogP contribution in [0.5, 0.6) is 57.5 Å². The molecule has 0 bridgehead atoms. The normalized spacial score (nSPS) is 12.0. The number of urea groups is 6. The minimum Gasteiger partial charge on any atom is -0.870 e. The van der Waals surface area contributed by atoms with Gasteiger partial charge in [0.15, 0.2) is 26.4 Å². The molecule has 14 amide bonds. The summed E-state index contributed by atoms with van der Waals surface area (Å²) in [4.78, 5) is 125. The number of carbonyl (C=O) groups excluding carboxylic acids is 10. The maximum absolute atomic E-state index is 13.0. The number of carbonyl (C=O) groups is 11. The van der Waals surface area contributed by atoms with Crippen LogP contribution in [0, 0.1) is 17.5 Å². The smallest absolute Gasteiger partial charge is 0.870 e. The molecule has 53 heteroatoms. The molecule has 24 N–H and O–H groups in total. The minimum absolute atomic E-state index is 0. The van der Waals surface area contributed by atoms with Crippen LogP contribution < -0.4 is 171 Å². The average molecular weight is 2320 g/mol. The van der Waals surface area contributed by atoms with E-state index in [0.717, 1.165) is 31.7 Å². The van der Waals surface area contributed by atoms with E-state index in [4.69, 9.17) is 179 Å². The molecular weight excluding hydrogens is 2210 g/mol. The summed E-state index contributed by atoms with van der Waals surface area (Å²) < 4.78 is 96.2. The van der Waals surface area contributed by atoms with E-state index in [2.05, 4.69) is 57.9 Å². The summed E-state index contributed by atoms with van der Waals surface area (Å²) in [6.07, 6.45) is 4.92. The van der Waals surface area contributed by atoms with Gasteiger partial charge in [-0.05, 0) is 240 Å². The zero-order valence-corrected chi connectivity index (χ0v) is 91.1. The number of primary amides is 6. The van der Waals surface area contributed by atoms with Crippen molar-refractivity contribution in [2.45, 2.75) is 70.7 Å². The van der Waals surface area contributed by atoms with E-state index in [9.17, 15) is 65.9 Å². The maximum atomic E-state index is 13.0. The number of amides is 14. The van der Waals surface area contributed by atoms with Gasteiger partial charge in [0, 0.05) is 87.0 Å². The number of carboxylic acid groups (broad SMARTS) is 1. The molecule has 150 heavy (non-hydrogen) atoms. The topological polar surface area (TPSA) is 633 Å². The molecule has 0 atom stereocenters. The second-order valence-electron chi connectivity index (χ2n) is 30.0. The van der Waals surface area contributed by atoms with Crippen LogP contribution in [0.2, 0.25) is 35.2 Å². The van der Waals surface area contributed by atoms with Gasteiger partial charge in [-0.15, -0.1) is 0 Å². The Labute approximate surface area is 946 Å². The van der Waals surface area contributed by atoms with Gasteiger partial charge in [0.1, 0.15) is 98.6 Å². The number of benzene rings is 10. The SMILES string of the molecule is CCOC(=O)CBr.CCOC(=O)COc1ccc(Cl)cc1NC(N)=O.COc1ccc(Cl)cc1N.COc1ccc(Cl)cc1NC(N)=O.Fc1ccc(OC2CCNCC2)cc1.NC(=O)Nc1cc(Cl)ccc1O.NC(=O)Nc1cc(Cl)ccc1OCC(=O)N1CCC(Oc2ccc(F)cc2)CC1.NC(=O)Nc1cc(Cl)ccc1OCC(=O)N1CCC(Oc2ccc(F)cc2)CC1.NC(=O)Nc1cc(Cl)ccc1OCC(=O)O.[K+].[OH-]. The third-order valence-electron chi connectivity index (χ3n) is 19.0. The van der Waals surface area contributed by atoms with Crippen molar-refractivity contribution in [3.8, 4) is 57.5 Å². The Morgan fingerprint density at radius 3 is 0.920 bits per heavy atom. The Hall–Kier alpha value is -13.2.